The largest absolute Gasteiger partial charge is 0.351 e. The number of hydrogen-bond donors (Lipinski definition) is 1. The number of rotatable bonds is 7. The summed E-state index contributed by atoms with van der Waals surface area (Å²) in [6.07, 6.45) is 0. The molecule has 0 saturated carbocycles. The van der Waals surface area contributed by atoms with E-state index in [-0.39, 0.29) is 5.91 Å². The molecule has 3 aromatic rings. The van der Waals surface area contributed by atoms with Crippen molar-refractivity contribution in [3.8, 4) is 11.3 Å². The van der Waals surface area contributed by atoms with Crippen molar-refractivity contribution in [1.82, 2.24) is 20.4 Å². The highest BCUT2D eigenvalue weighted by Gasteiger charge is 2.19. The number of aromatic nitrogens is 2. The number of pyridine rings is 1. The van der Waals surface area contributed by atoms with Gasteiger partial charge in [0.1, 0.15) is 0 Å². The summed E-state index contributed by atoms with van der Waals surface area (Å²) in [7, 11) is 0. The van der Waals surface area contributed by atoms with Gasteiger partial charge in [0.2, 0.25) is 0 Å². The first-order chi connectivity index (χ1) is 12.6. The van der Waals surface area contributed by atoms with Gasteiger partial charge < -0.3 is 14.7 Å². The fourth-order valence-electron chi connectivity index (χ4n) is 2.99. The summed E-state index contributed by atoms with van der Waals surface area (Å²) in [5, 5.41) is 7.66. The molecule has 1 amide bonds. The fraction of sp³-hybridized carbons (Fsp3) is 0.350. The van der Waals surface area contributed by atoms with Crippen LogP contribution in [0.25, 0.3) is 22.4 Å². The van der Waals surface area contributed by atoms with Crippen molar-refractivity contribution in [2.75, 3.05) is 26.2 Å². The molecule has 1 N–H and O–H groups in total. The molecule has 0 fully saturated rings. The molecule has 1 aromatic carbocycles. The van der Waals surface area contributed by atoms with Crippen LogP contribution in [0.1, 0.15) is 29.9 Å². The van der Waals surface area contributed by atoms with Crippen molar-refractivity contribution in [3.05, 3.63) is 47.7 Å². The zero-order valence-corrected chi connectivity index (χ0v) is 15.5. The predicted octanol–water partition coefficient (Wildman–Crippen LogP) is 3.27. The number of fused-ring (bicyclic) bond motifs is 1. The lowest BCUT2D eigenvalue weighted by Crippen LogP contribution is -2.34. The molecule has 136 valence electrons. The molecule has 0 aliphatic rings. The zero-order valence-electron chi connectivity index (χ0n) is 15.5. The molecule has 0 unspecified atom stereocenters. The Labute approximate surface area is 153 Å². The van der Waals surface area contributed by atoms with Gasteiger partial charge in [0.05, 0.1) is 22.3 Å². The molecule has 3 rings (SSSR count). The Balaban J connectivity index is 1.90. The summed E-state index contributed by atoms with van der Waals surface area (Å²) < 4.78 is 5.33. The summed E-state index contributed by atoms with van der Waals surface area (Å²) >= 11 is 0. The molecule has 26 heavy (non-hydrogen) atoms. The molecule has 0 spiro atoms. The van der Waals surface area contributed by atoms with Crippen LogP contribution in [0.3, 0.4) is 0 Å². The van der Waals surface area contributed by atoms with E-state index in [0.717, 1.165) is 25.2 Å². The Hall–Kier alpha value is -2.73. The van der Waals surface area contributed by atoms with Crippen molar-refractivity contribution in [3.63, 3.8) is 0 Å². The van der Waals surface area contributed by atoms with Crippen LogP contribution in [0.5, 0.6) is 0 Å². The predicted molar refractivity (Wildman–Crippen MR) is 102 cm³/mol. The molecule has 6 heteroatoms. The minimum Gasteiger partial charge on any atom is -0.351 e. The first-order valence-corrected chi connectivity index (χ1v) is 8.97. The quantitative estimate of drug-likeness (QED) is 0.707. The number of benzene rings is 1. The molecule has 0 atom stereocenters. The minimum atomic E-state index is -0.131. The fourth-order valence-corrected chi connectivity index (χ4v) is 2.99. The lowest BCUT2D eigenvalue weighted by atomic mass is 10.1. The number of amides is 1. The van der Waals surface area contributed by atoms with Crippen LogP contribution in [0.2, 0.25) is 0 Å². The van der Waals surface area contributed by atoms with Gasteiger partial charge >= 0.3 is 0 Å². The van der Waals surface area contributed by atoms with Crippen LogP contribution in [-0.2, 0) is 0 Å². The summed E-state index contributed by atoms with van der Waals surface area (Å²) in [6.45, 7) is 9.40. The van der Waals surface area contributed by atoms with Crippen molar-refractivity contribution in [1.29, 1.82) is 0 Å². The maximum absolute atomic E-state index is 12.8. The van der Waals surface area contributed by atoms with Crippen LogP contribution in [0.15, 0.2) is 40.9 Å². The molecule has 6 nitrogen and oxygen atoms in total. The lowest BCUT2D eigenvalue weighted by molar-refractivity contribution is 0.0950. The monoisotopic (exact) mass is 352 g/mol. The van der Waals surface area contributed by atoms with Gasteiger partial charge in [-0.15, -0.1) is 0 Å². The molecular formula is C20H24N4O2. The second kappa shape index (κ2) is 8.10. The SMILES string of the molecule is CCN(CC)CCNC(=O)c1cc(-c2ccccc2)nc2onc(C)c12. The van der Waals surface area contributed by atoms with E-state index >= 15 is 0 Å². The normalized spacial score (nSPS) is 11.2. The second-order valence-corrected chi connectivity index (χ2v) is 6.15. The van der Waals surface area contributed by atoms with Crippen molar-refractivity contribution >= 4 is 17.0 Å². The van der Waals surface area contributed by atoms with Crippen LogP contribution >= 0.6 is 0 Å². The van der Waals surface area contributed by atoms with Crippen molar-refractivity contribution in [2.24, 2.45) is 0 Å². The lowest BCUT2D eigenvalue weighted by Gasteiger charge is -2.18. The van der Waals surface area contributed by atoms with Gasteiger partial charge in [0.25, 0.3) is 11.6 Å². The van der Waals surface area contributed by atoms with Crippen LogP contribution in [0.4, 0.5) is 0 Å². The number of hydrogen-bond acceptors (Lipinski definition) is 5. The van der Waals surface area contributed by atoms with Crippen LogP contribution in [-0.4, -0.2) is 47.1 Å². The Morgan fingerprint density at radius 1 is 1.19 bits per heavy atom. The minimum absolute atomic E-state index is 0.131. The average molecular weight is 352 g/mol. The number of carbonyl (C=O) groups excluding carboxylic acids is 1. The molecule has 0 bridgehead atoms. The Morgan fingerprint density at radius 3 is 2.62 bits per heavy atom. The number of nitrogens with zero attached hydrogens (tertiary/aromatic N) is 3. The van der Waals surface area contributed by atoms with Gasteiger partial charge in [-0.2, -0.15) is 0 Å². The standard InChI is InChI=1S/C20H24N4O2/c1-4-24(5-2)12-11-21-19(25)16-13-17(15-9-7-6-8-10-15)22-20-18(16)14(3)23-26-20/h6-10,13H,4-5,11-12H2,1-3H3,(H,21,25). The average Bonchev–Trinajstić information content (AvgIpc) is 3.06. The summed E-state index contributed by atoms with van der Waals surface area (Å²) in [5.41, 5.74) is 3.23. The maximum Gasteiger partial charge on any atom is 0.259 e. The molecule has 0 aliphatic heterocycles. The first kappa shape index (κ1) is 18.1. The number of aryl methyl sites for hydroxylation is 1. The number of likely N-dealkylation sites (N-methyl/N-ethyl adjacent to an activating group) is 1. The molecule has 0 radical (unpaired) electrons. The Morgan fingerprint density at radius 2 is 1.92 bits per heavy atom. The molecule has 0 saturated heterocycles. The van der Waals surface area contributed by atoms with E-state index in [1.165, 1.54) is 0 Å². The van der Waals surface area contributed by atoms with E-state index in [1.54, 1.807) is 0 Å². The van der Waals surface area contributed by atoms with Crippen molar-refractivity contribution < 1.29 is 9.32 Å². The summed E-state index contributed by atoms with van der Waals surface area (Å²) in [4.78, 5) is 19.6. The van der Waals surface area contributed by atoms with Gasteiger partial charge in [-0.05, 0) is 26.1 Å². The van der Waals surface area contributed by atoms with Gasteiger partial charge in [-0.1, -0.05) is 49.3 Å². The van der Waals surface area contributed by atoms with Gasteiger partial charge in [0.15, 0.2) is 0 Å². The van der Waals surface area contributed by atoms with E-state index in [9.17, 15) is 4.79 Å². The van der Waals surface area contributed by atoms with Gasteiger partial charge in [-0.25, -0.2) is 4.98 Å². The number of carbonyl (C=O) groups is 1. The topological polar surface area (TPSA) is 71.3 Å². The van der Waals surface area contributed by atoms with Crippen LogP contribution < -0.4 is 5.32 Å². The molecule has 2 aromatic heterocycles. The molecule has 2 heterocycles. The Kier molecular flexibility index (Phi) is 5.63. The van der Waals surface area contributed by atoms with E-state index in [0.29, 0.717) is 34.6 Å². The van der Waals surface area contributed by atoms with Gasteiger partial charge in [0, 0.05) is 18.7 Å². The first-order valence-electron chi connectivity index (χ1n) is 8.97. The highest BCUT2D eigenvalue weighted by atomic mass is 16.5. The summed E-state index contributed by atoms with van der Waals surface area (Å²) in [6, 6.07) is 11.6. The number of nitrogens with one attached hydrogen (secondary N) is 1. The van der Waals surface area contributed by atoms with E-state index < -0.39 is 0 Å². The molecule has 0 aliphatic carbocycles. The Bertz CT molecular complexity index is 885. The molecular weight excluding hydrogens is 328 g/mol. The highest BCUT2D eigenvalue weighted by molar-refractivity contribution is 6.06. The second-order valence-electron chi connectivity index (χ2n) is 6.15. The third kappa shape index (κ3) is 3.75. The van der Waals surface area contributed by atoms with Gasteiger partial charge in [-0.3, -0.25) is 4.79 Å². The van der Waals surface area contributed by atoms with E-state index in [1.807, 2.05) is 43.3 Å². The van der Waals surface area contributed by atoms with Crippen molar-refractivity contribution in [2.45, 2.75) is 20.8 Å². The van der Waals surface area contributed by atoms with Crippen LogP contribution in [0, 0.1) is 6.92 Å². The third-order valence-electron chi connectivity index (χ3n) is 4.54. The zero-order chi connectivity index (χ0) is 18.5. The summed E-state index contributed by atoms with van der Waals surface area (Å²) in [5.74, 6) is -0.131. The van der Waals surface area contributed by atoms with E-state index in [2.05, 4.69) is 34.2 Å². The maximum atomic E-state index is 12.8. The van der Waals surface area contributed by atoms with E-state index in [4.69, 9.17) is 4.52 Å². The smallest absolute Gasteiger partial charge is 0.259 e. The third-order valence-corrected chi connectivity index (χ3v) is 4.54. The highest BCUT2D eigenvalue weighted by Crippen LogP contribution is 2.26.